The van der Waals surface area contributed by atoms with E-state index in [0.29, 0.717) is 28.6 Å². The molecule has 1 N–H and O–H groups in total. The van der Waals surface area contributed by atoms with Crippen molar-refractivity contribution in [3.63, 3.8) is 0 Å². The van der Waals surface area contributed by atoms with E-state index < -0.39 is 0 Å². The van der Waals surface area contributed by atoms with Crippen LogP contribution in [0.4, 0.5) is 11.4 Å². The van der Waals surface area contributed by atoms with Crippen LogP contribution < -0.4 is 0 Å². The van der Waals surface area contributed by atoms with Crippen LogP contribution in [-0.4, -0.2) is 89.6 Å². The van der Waals surface area contributed by atoms with Crippen molar-refractivity contribution in [3.8, 4) is 45.4 Å². The van der Waals surface area contributed by atoms with Gasteiger partial charge in [-0.2, -0.15) is 12.4 Å². The number of benzene rings is 13. The fraction of sp³-hybridized carbons (Fsp3) is 0.0541. The Kier molecular flexibility index (Phi) is 39.2. The Morgan fingerprint density at radius 3 is 1.16 bits per heavy atom. The first kappa shape index (κ1) is 103. The molecule has 0 fully saturated rings. The quantitative estimate of drug-likeness (QED) is 0.0316. The summed E-state index contributed by atoms with van der Waals surface area (Å²) in [5.41, 5.74) is 16.5. The van der Waals surface area contributed by atoms with Crippen molar-refractivity contribution in [2.75, 3.05) is 0 Å². The molecule has 133 heavy (non-hydrogen) atoms. The van der Waals surface area contributed by atoms with Gasteiger partial charge in [-0.1, -0.05) is 113 Å². The van der Waals surface area contributed by atoms with E-state index in [4.69, 9.17) is 15.1 Å². The van der Waals surface area contributed by atoms with E-state index in [0.717, 1.165) is 156 Å². The Morgan fingerprint density at radius 2 is 0.744 bits per heavy atom. The van der Waals surface area contributed by atoms with Crippen molar-refractivity contribution < 1.29 is 110 Å². The van der Waals surface area contributed by atoms with Gasteiger partial charge in [-0.3, -0.25) is 54.6 Å². The third-order valence-corrected chi connectivity index (χ3v) is 20.2. The monoisotopic (exact) mass is 2620 g/mol. The molecule has 0 bridgehead atoms. The number of nitrogens with zero attached hydrogens (tertiary/aromatic N) is 15. The molecule has 0 saturated heterocycles. The minimum Gasteiger partial charge on any atom is -0.810 e. The number of aryl methyl sites for hydroxylation is 2. The topological polar surface area (TPSA) is 248 Å². The number of carbonyl (C=O) groups is 1. The van der Waals surface area contributed by atoms with Gasteiger partial charge >= 0.3 is 0 Å². The summed E-state index contributed by atoms with van der Waals surface area (Å²) in [5.74, 6) is 2.05. The van der Waals surface area contributed by atoms with E-state index in [9.17, 15) is 15.6 Å². The Balaban J connectivity index is 0.000000175. The molecule has 8 aromatic heterocycles. The molecule has 0 aliphatic heterocycles. The van der Waals surface area contributed by atoms with Gasteiger partial charge in [0.05, 0.1) is 51.2 Å². The Hall–Kier alpha value is -13.7. The van der Waals surface area contributed by atoms with Crippen LogP contribution in [0.25, 0.3) is 154 Å². The van der Waals surface area contributed by atoms with E-state index in [-0.39, 0.29) is 119 Å². The SMILES string of the molecule is CC(=Nc1c(C=[N-])ccc2cnccc12)c1[c-]cccc1.CC(=Nc1c(C=[N-])ccc2cnccc12)c1[c-]cccc1.CC(=O)C=C(C)O.Cc1[c-]c(-c2nccc3ccccc23)cc(C)c1.[CH3-].[Ir].[Ir].[Ir].[Ir].[Ir].[c-]1ccccc1-c1ncc2c(ccc3cnccc32)n1.[c-]1ccccc1-c1ncc2c(ccc3cnccc32)n1.[c-]1ccccc1-c1ncc2cc3ccccc3cc2n1. The Morgan fingerprint density at radius 1 is 0.346 bits per heavy atom. The average Bonchev–Trinajstić information content (AvgIpc) is 0.815. The zero-order chi connectivity index (χ0) is 87.8. The summed E-state index contributed by atoms with van der Waals surface area (Å²) < 4.78 is 0. The predicted octanol–water partition coefficient (Wildman–Crippen LogP) is 25.7. The van der Waals surface area contributed by atoms with Crippen molar-refractivity contribution in [1.29, 1.82) is 0 Å². The summed E-state index contributed by atoms with van der Waals surface area (Å²) >= 11 is 0. The number of fused-ring (bicyclic) bond motifs is 11. The molecule has 8 heterocycles. The Labute approximate surface area is 840 Å². The van der Waals surface area contributed by atoms with Crippen LogP contribution in [0.3, 0.4) is 0 Å². The van der Waals surface area contributed by atoms with Crippen molar-refractivity contribution in [3.05, 3.63) is 447 Å². The number of rotatable bonds is 11. The standard InChI is InChI=1S/2C18H13N3.C18H11N2.2C17H10N3.C17H14N.C5H8O2.CH3.5Ir/c2*1-13(14-5-3-2-4-6-14)21-18-15(11-19)7-8-16-12-20-10-9-17(16)18;1-2-6-13(7-3-1)18-19-12-16-10-14-8-4-5-9-15(14)11-17(16)20-18;2*1-2-4-12(5-3-1)17-19-11-15-14-8-9-18-10-13(14)6-7-16(15)20-17;1-12-9-13(2)11-15(10-12)17-16-6-4-3-5-14(16)7-8-18-17;1-4(6)3-5(2)7;;;;;;/h2*2-5,7-12H,1H3;1-6,8-12H;2*1-4,6-11H;3-10H,1-2H3;3,6H,1-2H3;1H3;;;;;/q2*-2;4*-1;;-1;;;;;. The Bertz CT molecular complexity index is 7240. The van der Waals surface area contributed by atoms with E-state index in [1.165, 1.54) is 47.0 Å². The van der Waals surface area contributed by atoms with Gasteiger partial charge < -0.3 is 38.3 Å². The number of aliphatic hydroxyl groups is 1. The average molecular weight is 2620 g/mol. The number of allylic oxidation sites excluding steroid dienone is 2. The van der Waals surface area contributed by atoms with Crippen LogP contribution in [0.15, 0.2) is 369 Å². The van der Waals surface area contributed by atoms with Gasteiger partial charge in [-0.15, -0.1) is 214 Å². The molecule has 667 valence electrons. The minimum absolute atomic E-state index is 0. The molecule has 0 saturated carbocycles. The molecule has 5 radical (unpaired) electrons. The summed E-state index contributed by atoms with van der Waals surface area (Å²) in [6.45, 7) is 10.9. The van der Waals surface area contributed by atoms with E-state index >= 15 is 0 Å². The maximum Gasteiger partial charge on any atom is 0.155 e. The number of pyridine rings is 5. The van der Waals surface area contributed by atoms with Gasteiger partial charge in [0, 0.05) is 229 Å². The van der Waals surface area contributed by atoms with E-state index in [1.54, 1.807) is 37.2 Å². The smallest absolute Gasteiger partial charge is 0.155 e. The molecular formula is C111H82Ir5N15O2-9. The molecule has 13 aromatic carbocycles. The molecule has 0 atom stereocenters. The van der Waals surface area contributed by atoms with Gasteiger partial charge in [-0.25, -0.2) is 0 Å². The molecule has 0 aliphatic rings. The first-order valence-electron chi connectivity index (χ1n) is 40.7. The van der Waals surface area contributed by atoms with E-state index in [2.05, 4.69) is 166 Å². The van der Waals surface area contributed by atoms with Crippen LogP contribution in [0.2, 0.25) is 0 Å². The molecule has 22 heteroatoms. The number of ketones is 1. The van der Waals surface area contributed by atoms with Crippen LogP contribution >= 0.6 is 0 Å². The zero-order valence-electron chi connectivity index (χ0n) is 72.9. The number of aliphatic hydroxyl groups excluding tert-OH is 1. The van der Waals surface area contributed by atoms with E-state index in [1.807, 2.05) is 263 Å². The second-order valence-electron chi connectivity index (χ2n) is 29.3. The normalized spacial score (nSPS) is 10.7. The number of aliphatic imine (C=N–C) groups is 2. The first-order chi connectivity index (χ1) is 62.2. The fourth-order valence-electron chi connectivity index (χ4n) is 14.2. The number of carbonyl (C=O) groups excluding carboxylic acids is 1. The summed E-state index contributed by atoms with van der Waals surface area (Å²) in [7, 11) is 0. The molecule has 0 aliphatic carbocycles. The van der Waals surface area contributed by atoms with Gasteiger partial charge in [0.2, 0.25) is 0 Å². The second-order valence-corrected chi connectivity index (χ2v) is 29.3. The maximum absolute atomic E-state index is 10.0. The van der Waals surface area contributed by atoms with Crippen molar-refractivity contribution in [2.24, 2.45) is 9.98 Å². The van der Waals surface area contributed by atoms with Crippen LogP contribution in [-0.2, 0) is 105 Å². The third kappa shape index (κ3) is 26.6. The number of aromatic nitrogens is 11. The van der Waals surface area contributed by atoms with Gasteiger partial charge in [-0.05, 0) is 129 Å². The van der Waals surface area contributed by atoms with Crippen molar-refractivity contribution in [2.45, 2.75) is 41.5 Å². The fourth-order valence-corrected chi connectivity index (χ4v) is 14.2. The van der Waals surface area contributed by atoms with Gasteiger partial charge in [0.25, 0.3) is 0 Å². The molecule has 0 unspecified atom stereocenters. The van der Waals surface area contributed by atoms with Crippen molar-refractivity contribution in [1.82, 2.24) is 54.8 Å². The summed E-state index contributed by atoms with van der Waals surface area (Å²) in [4.78, 5) is 67.7. The largest absolute Gasteiger partial charge is 0.810 e. The summed E-state index contributed by atoms with van der Waals surface area (Å²) in [6.07, 6.45) is 25.2. The summed E-state index contributed by atoms with van der Waals surface area (Å²) in [5, 5.41) is 43.6. The van der Waals surface area contributed by atoms with Crippen LogP contribution in [0.1, 0.15) is 61.1 Å². The molecule has 21 rings (SSSR count). The van der Waals surface area contributed by atoms with Crippen LogP contribution in [0.5, 0.6) is 0 Å². The second kappa shape index (κ2) is 50.7. The predicted molar refractivity (Wildman–Crippen MR) is 523 cm³/mol. The minimum atomic E-state index is -0.125. The van der Waals surface area contributed by atoms with Gasteiger partial charge in [0.15, 0.2) is 5.78 Å². The summed E-state index contributed by atoms with van der Waals surface area (Å²) in [6, 6.07) is 108. The molecule has 21 aromatic rings. The number of hydrogen-bond donors (Lipinski definition) is 1. The number of hydrogen-bond acceptors (Lipinski definition) is 15. The third-order valence-electron chi connectivity index (χ3n) is 20.2. The molecule has 0 spiro atoms. The molecule has 17 nitrogen and oxygen atoms in total. The zero-order valence-corrected chi connectivity index (χ0v) is 84.8. The van der Waals surface area contributed by atoms with Crippen LogP contribution in [0, 0.1) is 57.7 Å². The maximum atomic E-state index is 10.0. The molecule has 0 amide bonds. The van der Waals surface area contributed by atoms with Crippen molar-refractivity contribution >= 4 is 138 Å². The van der Waals surface area contributed by atoms with Gasteiger partial charge in [0.1, 0.15) is 0 Å². The first-order valence-corrected chi connectivity index (χ1v) is 40.7. The molecular weight excluding hydrogens is 2540 g/mol.